The maximum absolute atomic E-state index is 12.9. The Kier molecular flexibility index (Phi) is 7.51. The predicted molar refractivity (Wildman–Crippen MR) is 93.1 cm³/mol. The van der Waals surface area contributed by atoms with E-state index in [1.165, 1.54) is 24.3 Å². The number of aliphatic hydroxyl groups excluding tert-OH is 1. The quantitative estimate of drug-likeness (QED) is 0.784. The molecule has 2 rings (SSSR count). The summed E-state index contributed by atoms with van der Waals surface area (Å²) in [4.78, 5) is 14.9. The number of nitrogens with zero attached hydrogens (tertiary/aromatic N) is 1. The van der Waals surface area contributed by atoms with E-state index in [1.807, 2.05) is 16.7 Å². The minimum Gasteiger partial charge on any atom is -0.396 e. The maximum Gasteiger partial charge on any atom is 0.239 e. The van der Waals surface area contributed by atoms with Crippen molar-refractivity contribution < 1.29 is 9.90 Å². The van der Waals surface area contributed by atoms with Gasteiger partial charge in [-0.2, -0.15) is 11.8 Å². The molecule has 5 heteroatoms. The molecule has 4 nitrogen and oxygen atoms in total. The van der Waals surface area contributed by atoms with Crippen LogP contribution in [0.15, 0.2) is 0 Å². The van der Waals surface area contributed by atoms with Gasteiger partial charge in [0.15, 0.2) is 0 Å². The van der Waals surface area contributed by atoms with Crippen LogP contribution in [0.4, 0.5) is 0 Å². The lowest BCUT2D eigenvalue weighted by Crippen LogP contribution is -2.53. The molecule has 0 spiro atoms. The normalized spacial score (nSPS) is 23.0. The fraction of sp³-hybridized carbons (Fsp3) is 0.941. The second-order valence-electron chi connectivity index (χ2n) is 7.19. The molecule has 1 amide bonds. The van der Waals surface area contributed by atoms with Crippen molar-refractivity contribution in [2.24, 2.45) is 11.8 Å². The largest absolute Gasteiger partial charge is 0.396 e. The average molecular weight is 329 g/mol. The first kappa shape index (κ1) is 18.1. The van der Waals surface area contributed by atoms with Crippen LogP contribution in [0.3, 0.4) is 0 Å². The molecular formula is C17H32N2O2S. The summed E-state index contributed by atoms with van der Waals surface area (Å²) >= 11 is 2.02. The van der Waals surface area contributed by atoms with Crippen molar-refractivity contribution in [3.05, 3.63) is 0 Å². The molecule has 0 aliphatic carbocycles. The van der Waals surface area contributed by atoms with Gasteiger partial charge in [-0.15, -0.1) is 0 Å². The highest BCUT2D eigenvalue weighted by Crippen LogP contribution is 2.21. The molecule has 128 valence electrons. The fourth-order valence-corrected chi connectivity index (χ4v) is 4.52. The fourth-order valence-electron chi connectivity index (χ4n) is 3.42. The van der Waals surface area contributed by atoms with Gasteiger partial charge >= 0.3 is 0 Å². The third-order valence-corrected chi connectivity index (χ3v) is 5.90. The van der Waals surface area contributed by atoms with E-state index in [9.17, 15) is 9.90 Å². The van der Waals surface area contributed by atoms with Crippen LogP contribution in [-0.4, -0.2) is 59.2 Å². The molecule has 2 heterocycles. The molecule has 2 aliphatic heterocycles. The first-order valence-corrected chi connectivity index (χ1v) is 9.99. The summed E-state index contributed by atoms with van der Waals surface area (Å²) in [5.74, 6) is 3.61. The van der Waals surface area contributed by atoms with Crippen molar-refractivity contribution in [3.63, 3.8) is 0 Å². The van der Waals surface area contributed by atoms with Crippen molar-refractivity contribution in [2.75, 3.05) is 31.2 Å². The Bertz CT molecular complexity index is 338. The lowest BCUT2D eigenvalue weighted by atomic mass is 9.95. The standard InChI is InChI=1S/C17H32N2O2S/c1-13(2)11-16(18-15-5-9-22-10-6-15)17(21)19-7-3-14(12-20)4-8-19/h13-16,18,20H,3-12H2,1-2H3. The number of piperidine rings is 1. The number of carbonyl (C=O) groups excluding carboxylic acids is 1. The van der Waals surface area contributed by atoms with Gasteiger partial charge in [-0.1, -0.05) is 13.8 Å². The molecule has 0 aromatic heterocycles. The monoisotopic (exact) mass is 328 g/mol. The van der Waals surface area contributed by atoms with Crippen LogP contribution in [0.25, 0.3) is 0 Å². The number of thioether (sulfide) groups is 1. The number of likely N-dealkylation sites (tertiary alicyclic amines) is 1. The molecule has 2 saturated heterocycles. The van der Waals surface area contributed by atoms with Gasteiger partial charge in [-0.05, 0) is 55.4 Å². The molecule has 0 saturated carbocycles. The number of hydrogen-bond donors (Lipinski definition) is 2. The van der Waals surface area contributed by atoms with Gasteiger partial charge in [0.2, 0.25) is 5.91 Å². The topological polar surface area (TPSA) is 52.6 Å². The Morgan fingerprint density at radius 3 is 2.41 bits per heavy atom. The van der Waals surface area contributed by atoms with Crippen LogP contribution in [-0.2, 0) is 4.79 Å². The van der Waals surface area contributed by atoms with E-state index in [0.717, 1.165) is 32.4 Å². The first-order chi connectivity index (χ1) is 10.6. The lowest BCUT2D eigenvalue weighted by Gasteiger charge is -2.36. The first-order valence-electron chi connectivity index (χ1n) is 8.83. The Morgan fingerprint density at radius 1 is 1.23 bits per heavy atom. The lowest BCUT2D eigenvalue weighted by molar-refractivity contribution is -0.135. The van der Waals surface area contributed by atoms with E-state index in [-0.39, 0.29) is 18.6 Å². The highest BCUT2D eigenvalue weighted by atomic mass is 32.2. The highest BCUT2D eigenvalue weighted by Gasteiger charge is 2.30. The molecule has 0 aromatic rings. The Morgan fingerprint density at radius 2 is 1.86 bits per heavy atom. The van der Waals surface area contributed by atoms with Crippen LogP contribution in [0, 0.1) is 11.8 Å². The zero-order valence-electron chi connectivity index (χ0n) is 14.1. The third-order valence-electron chi connectivity index (χ3n) is 4.85. The van der Waals surface area contributed by atoms with Crippen molar-refractivity contribution in [1.29, 1.82) is 0 Å². The van der Waals surface area contributed by atoms with Crippen LogP contribution in [0.5, 0.6) is 0 Å². The van der Waals surface area contributed by atoms with Crippen LogP contribution >= 0.6 is 11.8 Å². The van der Waals surface area contributed by atoms with E-state index < -0.39 is 0 Å². The van der Waals surface area contributed by atoms with Crippen LogP contribution in [0.2, 0.25) is 0 Å². The second-order valence-corrected chi connectivity index (χ2v) is 8.41. The minimum atomic E-state index is -0.0289. The zero-order valence-corrected chi connectivity index (χ0v) is 14.9. The van der Waals surface area contributed by atoms with Crippen molar-refractivity contribution in [1.82, 2.24) is 10.2 Å². The molecule has 2 N–H and O–H groups in total. The maximum atomic E-state index is 12.9. The molecule has 1 atom stereocenters. The van der Waals surface area contributed by atoms with Crippen molar-refractivity contribution >= 4 is 17.7 Å². The third kappa shape index (κ3) is 5.43. The van der Waals surface area contributed by atoms with Gasteiger partial charge in [-0.3, -0.25) is 4.79 Å². The Hall–Kier alpha value is -0.260. The number of carbonyl (C=O) groups is 1. The van der Waals surface area contributed by atoms with Crippen molar-refractivity contribution in [3.8, 4) is 0 Å². The second kappa shape index (κ2) is 9.14. The summed E-state index contributed by atoms with van der Waals surface area (Å²) in [6.07, 6.45) is 5.16. The highest BCUT2D eigenvalue weighted by molar-refractivity contribution is 7.99. The number of aliphatic hydroxyl groups is 1. The minimum absolute atomic E-state index is 0.0289. The summed E-state index contributed by atoms with van der Waals surface area (Å²) in [6, 6.07) is 0.475. The van der Waals surface area contributed by atoms with Gasteiger partial charge in [0.25, 0.3) is 0 Å². The molecular weight excluding hydrogens is 296 g/mol. The van der Waals surface area contributed by atoms with Crippen molar-refractivity contribution in [2.45, 2.75) is 58.0 Å². The number of amides is 1. The summed E-state index contributed by atoms with van der Waals surface area (Å²) in [7, 11) is 0. The van der Waals surface area contributed by atoms with E-state index in [1.54, 1.807) is 0 Å². The molecule has 0 aromatic carbocycles. The van der Waals surface area contributed by atoms with E-state index in [2.05, 4.69) is 19.2 Å². The molecule has 0 radical (unpaired) electrons. The predicted octanol–water partition coefficient (Wildman–Crippen LogP) is 2.12. The summed E-state index contributed by atoms with van der Waals surface area (Å²) in [5.41, 5.74) is 0. The average Bonchev–Trinajstić information content (AvgIpc) is 2.54. The van der Waals surface area contributed by atoms with Crippen LogP contribution < -0.4 is 5.32 Å². The zero-order chi connectivity index (χ0) is 15.9. The van der Waals surface area contributed by atoms with Gasteiger partial charge in [-0.25, -0.2) is 0 Å². The number of hydrogen-bond acceptors (Lipinski definition) is 4. The summed E-state index contributed by atoms with van der Waals surface area (Å²) < 4.78 is 0. The molecule has 2 fully saturated rings. The van der Waals surface area contributed by atoms with E-state index in [0.29, 0.717) is 17.9 Å². The van der Waals surface area contributed by atoms with Gasteiger partial charge in [0.05, 0.1) is 6.04 Å². The number of nitrogens with one attached hydrogen (secondary N) is 1. The smallest absolute Gasteiger partial charge is 0.239 e. The Balaban J connectivity index is 1.90. The van der Waals surface area contributed by atoms with Crippen LogP contribution in [0.1, 0.15) is 46.0 Å². The summed E-state index contributed by atoms with van der Waals surface area (Å²) in [5, 5.41) is 12.9. The van der Waals surface area contributed by atoms with Gasteiger partial charge in [0, 0.05) is 25.7 Å². The van der Waals surface area contributed by atoms with Gasteiger partial charge in [0.1, 0.15) is 0 Å². The number of rotatable bonds is 6. The van der Waals surface area contributed by atoms with E-state index >= 15 is 0 Å². The molecule has 2 aliphatic rings. The van der Waals surface area contributed by atoms with Gasteiger partial charge < -0.3 is 15.3 Å². The Labute approximate surface area is 139 Å². The summed E-state index contributed by atoms with van der Waals surface area (Å²) in [6.45, 7) is 6.25. The molecule has 22 heavy (non-hydrogen) atoms. The van der Waals surface area contributed by atoms with E-state index in [4.69, 9.17) is 0 Å². The SMILES string of the molecule is CC(C)CC(NC1CCSCC1)C(=O)N1CCC(CO)CC1. The molecule has 0 bridgehead atoms. The molecule has 1 unspecified atom stereocenters.